The number of rotatable bonds is 7. The Balaban J connectivity index is 0.00000450. The highest BCUT2D eigenvalue weighted by molar-refractivity contribution is 14.0. The van der Waals surface area contributed by atoms with Crippen LogP contribution in [-0.4, -0.2) is 44.3 Å². The average Bonchev–Trinajstić information content (AvgIpc) is 3.14. The van der Waals surface area contributed by atoms with Crippen molar-refractivity contribution in [3.63, 3.8) is 0 Å². The van der Waals surface area contributed by atoms with Gasteiger partial charge in [-0.05, 0) is 24.6 Å². The van der Waals surface area contributed by atoms with Crippen molar-refractivity contribution in [1.29, 1.82) is 0 Å². The fourth-order valence-corrected chi connectivity index (χ4v) is 3.29. The number of benzene rings is 1. The zero-order valence-electron chi connectivity index (χ0n) is 18.4. The number of aromatic nitrogens is 1. The Morgan fingerprint density at radius 2 is 1.80 bits per heavy atom. The van der Waals surface area contributed by atoms with Crippen molar-refractivity contribution in [3.05, 3.63) is 47.7 Å². The summed E-state index contributed by atoms with van der Waals surface area (Å²) in [6.45, 7) is 9.76. The minimum atomic E-state index is -3.43. The zero-order chi connectivity index (χ0) is 21.7. The van der Waals surface area contributed by atoms with Gasteiger partial charge in [-0.3, -0.25) is 0 Å². The average molecular weight is 549 g/mol. The molecular weight excluding hydrogens is 517 g/mol. The molecule has 1 aromatic carbocycles. The maximum absolute atomic E-state index is 12.1. The molecule has 1 aromatic heterocycles. The summed E-state index contributed by atoms with van der Waals surface area (Å²) in [7, 11) is -0.398. The summed E-state index contributed by atoms with van der Waals surface area (Å²) in [5.74, 6) is 2.07. The van der Waals surface area contributed by atoms with E-state index in [0.717, 1.165) is 11.3 Å². The molecule has 2 aromatic rings. The van der Waals surface area contributed by atoms with Crippen molar-refractivity contribution in [2.45, 2.75) is 51.1 Å². The second-order valence-electron chi connectivity index (χ2n) is 7.85. The highest BCUT2D eigenvalue weighted by atomic mass is 127. The lowest BCUT2D eigenvalue weighted by Gasteiger charge is -2.13. The first-order chi connectivity index (χ1) is 13.5. The van der Waals surface area contributed by atoms with Crippen molar-refractivity contribution in [2.75, 3.05) is 20.6 Å². The van der Waals surface area contributed by atoms with E-state index in [1.165, 1.54) is 18.4 Å². The van der Waals surface area contributed by atoms with Crippen LogP contribution in [0.1, 0.15) is 44.9 Å². The van der Waals surface area contributed by atoms with Gasteiger partial charge in [0.1, 0.15) is 5.76 Å². The van der Waals surface area contributed by atoms with E-state index in [9.17, 15) is 8.42 Å². The quantitative estimate of drug-likeness (QED) is 0.313. The predicted octanol–water partition coefficient (Wildman–Crippen LogP) is 3.10. The minimum Gasteiger partial charge on any atom is -0.443 e. The summed E-state index contributed by atoms with van der Waals surface area (Å²) in [4.78, 5) is 9.12. The van der Waals surface area contributed by atoms with Crippen LogP contribution in [0.2, 0.25) is 0 Å². The molecule has 0 unspecified atom stereocenters. The largest absolute Gasteiger partial charge is 0.443 e. The van der Waals surface area contributed by atoms with Gasteiger partial charge in [-0.1, -0.05) is 32.9 Å². The van der Waals surface area contributed by atoms with Crippen LogP contribution >= 0.6 is 24.0 Å². The SMILES string of the molecule is CCNC(=NCc1ccc(S(=O)(=O)N(C)C)cc1)NCc1ncc(C(C)(C)C)o1.I. The second kappa shape index (κ2) is 11.1. The molecule has 0 atom stereocenters. The highest BCUT2D eigenvalue weighted by Crippen LogP contribution is 2.22. The van der Waals surface area contributed by atoms with Gasteiger partial charge < -0.3 is 15.1 Å². The molecule has 0 aliphatic heterocycles. The van der Waals surface area contributed by atoms with Gasteiger partial charge in [0.2, 0.25) is 15.9 Å². The molecule has 0 saturated heterocycles. The summed E-state index contributed by atoms with van der Waals surface area (Å²) in [5, 5.41) is 6.38. The summed E-state index contributed by atoms with van der Waals surface area (Å²) in [5.41, 5.74) is 0.821. The van der Waals surface area contributed by atoms with Crippen LogP contribution in [0.3, 0.4) is 0 Å². The monoisotopic (exact) mass is 549 g/mol. The number of hydrogen-bond donors (Lipinski definition) is 2. The van der Waals surface area contributed by atoms with Crippen molar-refractivity contribution in [3.8, 4) is 0 Å². The molecule has 2 rings (SSSR count). The Bertz CT molecular complexity index is 932. The molecule has 0 aliphatic rings. The molecular formula is C20H32IN5O3S. The Morgan fingerprint density at radius 3 is 2.30 bits per heavy atom. The van der Waals surface area contributed by atoms with Gasteiger partial charge in [0, 0.05) is 26.1 Å². The molecule has 0 spiro atoms. The fourth-order valence-electron chi connectivity index (χ4n) is 2.39. The lowest BCUT2D eigenvalue weighted by molar-refractivity contribution is 0.379. The topological polar surface area (TPSA) is 99.8 Å². The van der Waals surface area contributed by atoms with Gasteiger partial charge in [0.05, 0.1) is 24.2 Å². The molecule has 0 fully saturated rings. The van der Waals surface area contributed by atoms with Gasteiger partial charge in [0.15, 0.2) is 5.96 Å². The third-order valence-electron chi connectivity index (χ3n) is 4.17. The standard InChI is InChI=1S/C20H31N5O3S.HI/c1-7-21-19(24-14-18-22-13-17(28-18)20(2,3)4)23-12-15-8-10-16(11-9-15)29(26,27)25(5)6;/h8-11,13H,7,12,14H2,1-6H3,(H2,21,23,24);1H. The number of hydrogen-bond acceptors (Lipinski definition) is 5. The Kier molecular flexibility index (Phi) is 9.76. The number of halogens is 1. The van der Waals surface area contributed by atoms with Crippen LogP contribution in [0.15, 0.2) is 44.8 Å². The summed E-state index contributed by atoms with van der Waals surface area (Å²) < 4.78 is 31.3. The minimum absolute atomic E-state index is 0. The van der Waals surface area contributed by atoms with E-state index in [2.05, 4.69) is 41.4 Å². The van der Waals surface area contributed by atoms with E-state index in [1.54, 1.807) is 30.5 Å². The summed E-state index contributed by atoms with van der Waals surface area (Å²) in [6.07, 6.45) is 1.75. The van der Waals surface area contributed by atoms with Gasteiger partial charge in [-0.25, -0.2) is 22.7 Å². The number of nitrogens with one attached hydrogen (secondary N) is 2. The molecule has 0 saturated carbocycles. The summed E-state index contributed by atoms with van der Waals surface area (Å²) >= 11 is 0. The Morgan fingerprint density at radius 1 is 1.17 bits per heavy atom. The number of sulfonamides is 1. The zero-order valence-corrected chi connectivity index (χ0v) is 21.5. The van der Waals surface area contributed by atoms with Gasteiger partial charge in [0.25, 0.3) is 0 Å². The third-order valence-corrected chi connectivity index (χ3v) is 6.00. The Hall–Kier alpha value is -1.66. The summed E-state index contributed by atoms with van der Waals surface area (Å²) in [6, 6.07) is 6.74. The molecule has 10 heteroatoms. The van der Waals surface area contributed by atoms with Crippen molar-refractivity contribution in [2.24, 2.45) is 4.99 Å². The van der Waals surface area contributed by atoms with E-state index in [4.69, 9.17) is 4.42 Å². The van der Waals surface area contributed by atoms with E-state index >= 15 is 0 Å². The normalized spacial score (nSPS) is 12.6. The predicted molar refractivity (Wildman–Crippen MR) is 130 cm³/mol. The number of aliphatic imine (C=N–C) groups is 1. The van der Waals surface area contributed by atoms with E-state index in [-0.39, 0.29) is 34.3 Å². The Labute approximate surface area is 196 Å². The number of oxazole rings is 1. The maximum atomic E-state index is 12.1. The molecule has 8 nitrogen and oxygen atoms in total. The molecule has 168 valence electrons. The van der Waals surface area contributed by atoms with Gasteiger partial charge in [-0.2, -0.15) is 0 Å². The van der Waals surface area contributed by atoms with E-state index in [0.29, 0.717) is 31.5 Å². The number of guanidine groups is 1. The number of nitrogens with zero attached hydrogens (tertiary/aromatic N) is 3. The molecule has 0 amide bonds. The first kappa shape index (κ1) is 26.4. The van der Waals surface area contributed by atoms with Crippen LogP contribution in [0.5, 0.6) is 0 Å². The smallest absolute Gasteiger partial charge is 0.242 e. The molecule has 0 bridgehead atoms. The van der Waals surface area contributed by atoms with Gasteiger partial charge >= 0.3 is 0 Å². The van der Waals surface area contributed by atoms with Gasteiger partial charge in [-0.15, -0.1) is 24.0 Å². The van der Waals surface area contributed by atoms with Crippen LogP contribution in [0, 0.1) is 0 Å². The van der Waals surface area contributed by atoms with Crippen molar-refractivity contribution < 1.29 is 12.8 Å². The first-order valence-corrected chi connectivity index (χ1v) is 11.0. The lowest BCUT2D eigenvalue weighted by Crippen LogP contribution is -2.36. The van der Waals surface area contributed by atoms with Crippen LogP contribution < -0.4 is 10.6 Å². The molecule has 1 heterocycles. The van der Waals surface area contributed by atoms with E-state index < -0.39 is 10.0 Å². The van der Waals surface area contributed by atoms with Crippen LogP contribution in [0.25, 0.3) is 0 Å². The molecule has 2 N–H and O–H groups in total. The lowest BCUT2D eigenvalue weighted by atomic mass is 9.94. The van der Waals surface area contributed by atoms with Crippen LogP contribution in [-0.2, 0) is 28.5 Å². The fraction of sp³-hybridized carbons (Fsp3) is 0.500. The van der Waals surface area contributed by atoms with E-state index in [1.807, 2.05) is 6.92 Å². The van der Waals surface area contributed by atoms with Crippen LogP contribution in [0.4, 0.5) is 0 Å². The maximum Gasteiger partial charge on any atom is 0.242 e. The third kappa shape index (κ3) is 7.24. The highest BCUT2D eigenvalue weighted by Gasteiger charge is 2.19. The molecule has 0 aliphatic carbocycles. The first-order valence-electron chi connectivity index (χ1n) is 9.53. The molecule has 30 heavy (non-hydrogen) atoms. The van der Waals surface area contributed by atoms with Crippen molar-refractivity contribution >= 4 is 40.0 Å². The van der Waals surface area contributed by atoms with Crippen molar-refractivity contribution in [1.82, 2.24) is 19.9 Å². The molecule has 0 radical (unpaired) electrons. The second-order valence-corrected chi connectivity index (χ2v) is 10.0.